The Kier molecular flexibility index (Phi) is 4.73. The van der Waals surface area contributed by atoms with Gasteiger partial charge in [0, 0.05) is 30.7 Å². The molecule has 2 aliphatic rings. The molecule has 0 spiro atoms. The van der Waals surface area contributed by atoms with Gasteiger partial charge in [0.2, 0.25) is 0 Å². The van der Waals surface area contributed by atoms with E-state index in [0.717, 1.165) is 30.3 Å². The molecular formula is C23H25N5O2. The molecule has 0 radical (unpaired) electrons. The summed E-state index contributed by atoms with van der Waals surface area (Å²) in [5.74, 6) is 4.17. The van der Waals surface area contributed by atoms with Gasteiger partial charge in [0.25, 0.3) is 0 Å². The van der Waals surface area contributed by atoms with E-state index < -0.39 is 0 Å². The van der Waals surface area contributed by atoms with Crippen LogP contribution in [0.2, 0.25) is 0 Å². The molecule has 3 heterocycles. The minimum absolute atomic E-state index is 0.219. The molecule has 30 heavy (non-hydrogen) atoms. The van der Waals surface area contributed by atoms with Gasteiger partial charge in [-0.15, -0.1) is 0 Å². The van der Waals surface area contributed by atoms with Crippen LogP contribution in [0, 0.1) is 0 Å². The van der Waals surface area contributed by atoms with Gasteiger partial charge in [-0.25, -0.2) is 19.9 Å². The maximum absolute atomic E-state index is 5.56. The number of hydrogen-bond acceptors (Lipinski definition) is 7. The Morgan fingerprint density at radius 2 is 1.70 bits per heavy atom. The number of anilines is 1. The molecule has 154 valence electrons. The summed E-state index contributed by atoms with van der Waals surface area (Å²) in [5, 5.41) is 0. The second kappa shape index (κ2) is 7.55. The van der Waals surface area contributed by atoms with Crippen LogP contribution in [0.4, 0.5) is 5.82 Å². The lowest BCUT2D eigenvalue weighted by Gasteiger charge is -2.27. The van der Waals surface area contributed by atoms with Crippen LogP contribution in [0.1, 0.15) is 54.8 Å². The molecule has 0 N–H and O–H groups in total. The van der Waals surface area contributed by atoms with E-state index in [1.165, 1.54) is 29.5 Å². The Labute approximate surface area is 176 Å². The Morgan fingerprint density at radius 3 is 2.37 bits per heavy atom. The number of rotatable bonds is 6. The Bertz CT molecular complexity index is 1070. The largest absolute Gasteiger partial charge is 0.493 e. The fourth-order valence-corrected chi connectivity index (χ4v) is 4.33. The van der Waals surface area contributed by atoms with E-state index in [2.05, 4.69) is 38.9 Å². The number of ether oxygens (including phenoxy) is 2. The fourth-order valence-electron chi connectivity index (χ4n) is 4.33. The highest BCUT2D eigenvalue weighted by molar-refractivity contribution is 5.61. The summed E-state index contributed by atoms with van der Waals surface area (Å²) < 4.78 is 11.1. The predicted octanol–water partition coefficient (Wildman–Crippen LogP) is 4.30. The minimum Gasteiger partial charge on any atom is -0.493 e. The van der Waals surface area contributed by atoms with Crippen LogP contribution in [0.3, 0.4) is 0 Å². The van der Waals surface area contributed by atoms with Crippen LogP contribution in [-0.2, 0) is 6.54 Å². The van der Waals surface area contributed by atoms with Crippen molar-refractivity contribution in [3.05, 3.63) is 53.5 Å². The molecule has 0 saturated heterocycles. The molecule has 2 aromatic heterocycles. The Morgan fingerprint density at radius 1 is 0.967 bits per heavy atom. The summed E-state index contributed by atoms with van der Waals surface area (Å²) in [5.41, 5.74) is 3.74. The van der Waals surface area contributed by atoms with Crippen molar-refractivity contribution in [3.63, 3.8) is 0 Å². The number of fused-ring (bicyclic) bond motifs is 1. The molecule has 1 aromatic carbocycles. The Balaban J connectivity index is 1.60. The molecule has 1 atom stereocenters. The lowest BCUT2D eigenvalue weighted by molar-refractivity contribution is 0.354. The second-order valence-corrected chi connectivity index (χ2v) is 7.78. The average molecular weight is 403 g/mol. The van der Waals surface area contributed by atoms with Crippen LogP contribution in [0.5, 0.6) is 11.5 Å². The first kappa shape index (κ1) is 18.8. The summed E-state index contributed by atoms with van der Waals surface area (Å²) in [6, 6.07) is 6.22. The quantitative estimate of drug-likeness (QED) is 0.607. The highest BCUT2D eigenvalue weighted by atomic mass is 16.5. The summed E-state index contributed by atoms with van der Waals surface area (Å²) in [4.78, 5) is 20.7. The summed E-state index contributed by atoms with van der Waals surface area (Å²) in [6.45, 7) is 2.99. The van der Waals surface area contributed by atoms with Gasteiger partial charge in [-0.2, -0.15) is 0 Å². The molecule has 0 amide bonds. The first-order valence-corrected chi connectivity index (χ1v) is 10.4. The third-order valence-electron chi connectivity index (χ3n) is 5.96. The van der Waals surface area contributed by atoms with Crippen molar-refractivity contribution in [1.29, 1.82) is 0 Å². The first-order chi connectivity index (χ1) is 14.7. The molecule has 1 unspecified atom stereocenters. The van der Waals surface area contributed by atoms with Crippen LogP contribution >= 0.6 is 0 Å². The van der Waals surface area contributed by atoms with Crippen molar-refractivity contribution >= 4 is 5.82 Å². The third-order valence-corrected chi connectivity index (χ3v) is 5.96. The van der Waals surface area contributed by atoms with Gasteiger partial charge in [-0.3, -0.25) is 0 Å². The van der Waals surface area contributed by atoms with Gasteiger partial charge in [-0.05, 0) is 54.5 Å². The molecule has 3 aromatic rings. The monoisotopic (exact) mass is 403 g/mol. The molecule has 1 aliphatic carbocycles. The van der Waals surface area contributed by atoms with Crippen LogP contribution in [-0.4, -0.2) is 34.2 Å². The van der Waals surface area contributed by atoms with Crippen LogP contribution in [0.25, 0.3) is 11.6 Å². The number of nitrogens with zero attached hydrogens (tertiary/aromatic N) is 5. The van der Waals surface area contributed by atoms with Crippen molar-refractivity contribution < 1.29 is 9.47 Å². The number of methoxy groups -OCH3 is 2. The number of benzene rings is 1. The molecule has 5 rings (SSSR count). The highest BCUT2D eigenvalue weighted by Gasteiger charge is 2.36. The minimum atomic E-state index is 0.219. The smallest absolute Gasteiger partial charge is 0.199 e. The molecule has 1 fully saturated rings. The van der Waals surface area contributed by atoms with Gasteiger partial charge in [0.05, 0.1) is 20.3 Å². The van der Waals surface area contributed by atoms with Crippen molar-refractivity contribution in [1.82, 2.24) is 19.9 Å². The van der Waals surface area contributed by atoms with Gasteiger partial charge in [0.1, 0.15) is 5.82 Å². The van der Waals surface area contributed by atoms with E-state index in [0.29, 0.717) is 17.6 Å². The normalized spacial score (nSPS) is 17.7. The Hall–Kier alpha value is -3.22. The van der Waals surface area contributed by atoms with Crippen molar-refractivity contribution in [3.8, 4) is 23.1 Å². The van der Waals surface area contributed by atoms with E-state index in [9.17, 15) is 0 Å². The summed E-state index contributed by atoms with van der Waals surface area (Å²) >= 11 is 0. The molecule has 0 bridgehead atoms. The average Bonchev–Trinajstić information content (AvgIpc) is 3.58. The molecule has 1 aliphatic heterocycles. The maximum atomic E-state index is 5.56. The number of aromatic nitrogens is 4. The summed E-state index contributed by atoms with van der Waals surface area (Å²) in [6.07, 6.45) is 8.77. The summed E-state index contributed by atoms with van der Waals surface area (Å²) in [7, 11) is 3.36. The first-order valence-electron chi connectivity index (χ1n) is 10.4. The van der Waals surface area contributed by atoms with Crippen molar-refractivity contribution in [2.75, 3.05) is 19.1 Å². The third kappa shape index (κ3) is 3.14. The SMILES string of the molecule is CCC1c2cc(OC)c(OC)cc2CN1c1nc(-c2ncccn2)ncc1C1CC1. The van der Waals surface area contributed by atoms with E-state index in [1.807, 2.05) is 6.20 Å². The van der Waals surface area contributed by atoms with E-state index in [4.69, 9.17) is 14.5 Å². The van der Waals surface area contributed by atoms with Gasteiger partial charge < -0.3 is 14.4 Å². The lowest BCUT2D eigenvalue weighted by atomic mass is 10.0. The zero-order valence-corrected chi connectivity index (χ0v) is 17.5. The van der Waals surface area contributed by atoms with Crippen LogP contribution in [0.15, 0.2) is 36.8 Å². The zero-order valence-electron chi connectivity index (χ0n) is 17.5. The molecule has 7 heteroatoms. The highest BCUT2D eigenvalue weighted by Crippen LogP contribution is 2.49. The van der Waals surface area contributed by atoms with Gasteiger partial charge in [-0.1, -0.05) is 6.92 Å². The van der Waals surface area contributed by atoms with E-state index in [-0.39, 0.29) is 6.04 Å². The molecule has 7 nitrogen and oxygen atoms in total. The zero-order chi connectivity index (χ0) is 20.7. The number of hydrogen-bond donors (Lipinski definition) is 0. The maximum Gasteiger partial charge on any atom is 0.199 e. The van der Waals surface area contributed by atoms with Crippen LogP contribution < -0.4 is 14.4 Å². The fraction of sp³-hybridized carbons (Fsp3) is 0.391. The second-order valence-electron chi connectivity index (χ2n) is 7.78. The van der Waals surface area contributed by atoms with E-state index >= 15 is 0 Å². The van der Waals surface area contributed by atoms with E-state index in [1.54, 1.807) is 32.7 Å². The molecular weight excluding hydrogens is 378 g/mol. The lowest BCUT2D eigenvalue weighted by Crippen LogP contribution is -2.24. The van der Waals surface area contributed by atoms with Gasteiger partial charge in [0.15, 0.2) is 23.1 Å². The topological polar surface area (TPSA) is 73.3 Å². The van der Waals surface area contributed by atoms with Crippen molar-refractivity contribution in [2.45, 2.75) is 44.7 Å². The standard InChI is InChI=1S/C23H25N5O2/c1-4-18-16-11-20(30-3)19(29-2)10-15(16)13-28(18)23-17(14-6-7-14)12-26-22(27-23)21-24-8-5-9-25-21/h5,8-12,14,18H,4,6-7,13H2,1-3H3. The van der Waals surface area contributed by atoms with Gasteiger partial charge >= 0.3 is 0 Å². The van der Waals surface area contributed by atoms with Crippen molar-refractivity contribution in [2.24, 2.45) is 0 Å². The molecule has 1 saturated carbocycles. The predicted molar refractivity (Wildman–Crippen MR) is 114 cm³/mol.